The zero-order valence-corrected chi connectivity index (χ0v) is 12.6. The molecule has 0 heterocycles. The van der Waals surface area contributed by atoms with Gasteiger partial charge in [-0.2, -0.15) is 0 Å². The van der Waals surface area contributed by atoms with E-state index in [0.717, 1.165) is 31.4 Å². The summed E-state index contributed by atoms with van der Waals surface area (Å²) in [7, 11) is 1.92. The van der Waals surface area contributed by atoms with Gasteiger partial charge in [0.05, 0.1) is 0 Å². The van der Waals surface area contributed by atoms with Gasteiger partial charge in [-0.05, 0) is 43.7 Å². The lowest BCUT2D eigenvalue weighted by atomic mass is 10.1. The second kappa shape index (κ2) is 13.1. The van der Waals surface area contributed by atoms with Crippen LogP contribution in [0.1, 0.15) is 39.0 Å². The minimum absolute atomic E-state index is 0.301. The number of unbranched alkanes of at least 4 members (excludes halogenated alkanes) is 1. The first-order valence-corrected chi connectivity index (χ1v) is 7.63. The molecule has 0 fully saturated rings. The Morgan fingerprint density at radius 2 is 2.17 bits per heavy atom. The number of likely N-dealkylation sites (N-methyl/N-ethyl adjacent to an activating group) is 1. The molecule has 106 valence electrons. The fraction of sp³-hybridized carbons (Fsp3) is 0.714. The van der Waals surface area contributed by atoms with Gasteiger partial charge in [-0.15, -0.1) is 0 Å². The second-order valence-corrected chi connectivity index (χ2v) is 5.18. The first-order chi connectivity index (χ1) is 8.74. The third-order valence-electron chi connectivity index (χ3n) is 2.61. The molecule has 0 rings (SSSR count). The van der Waals surface area contributed by atoms with Crippen LogP contribution in [0, 0.1) is 0 Å². The minimum Gasteiger partial charge on any atom is -0.396 e. The van der Waals surface area contributed by atoms with Crippen molar-refractivity contribution in [1.29, 1.82) is 0 Å². The van der Waals surface area contributed by atoms with E-state index >= 15 is 0 Å². The summed E-state index contributed by atoms with van der Waals surface area (Å²) >= 11 is 1.63. The van der Waals surface area contributed by atoms with Gasteiger partial charge in [-0.25, -0.2) is 0 Å². The van der Waals surface area contributed by atoms with E-state index in [1.807, 2.05) is 18.5 Å². The lowest BCUT2D eigenvalue weighted by molar-refractivity contribution is 0.280. The lowest BCUT2D eigenvalue weighted by Crippen LogP contribution is -2.22. The van der Waals surface area contributed by atoms with E-state index < -0.39 is 0 Å². The Morgan fingerprint density at radius 3 is 2.78 bits per heavy atom. The molecule has 18 heavy (non-hydrogen) atoms. The molecule has 4 heteroatoms. The van der Waals surface area contributed by atoms with Crippen molar-refractivity contribution >= 4 is 11.9 Å². The topological polar surface area (TPSA) is 44.3 Å². The Labute approximate surface area is 116 Å². The maximum Gasteiger partial charge on any atom is 0.0431 e. The third kappa shape index (κ3) is 10.8. The van der Waals surface area contributed by atoms with Crippen LogP contribution in [0.2, 0.25) is 0 Å². The predicted octanol–water partition coefficient (Wildman–Crippen LogP) is 2.84. The highest BCUT2D eigenvalue weighted by Gasteiger charge is 2.05. The zero-order chi connectivity index (χ0) is 13.6. The standard InChI is InChI=1S/C14H28N2OS/c1-4-7-14(8-5-6-10-17)16-18-11-9-13(2)12-15-3/h9,11,14-17H,2,4-8,10,12H2,1,3H3/b11-9-. The summed E-state index contributed by atoms with van der Waals surface area (Å²) in [5.41, 5.74) is 1.08. The van der Waals surface area contributed by atoms with Crippen LogP contribution in [0.5, 0.6) is 0 Å². The number of hydrogen-bond donors (Lipinski definition) is 3. The Balaban J connectivity index is 3.77. The number of rotatable bonds is 12. The van der Waals surface area contributed by atoms with E-state index in [1.54, 1.807) is 11.9 Å². The molecular weight excluding hydrogens is 244 g/mol. The third-order valence-corrected chi connectivity index (χ3v) is 3.35. The molecule has 0 spiro atoms. The van der Waals surface area contributed by atoms with Crippen molar-refractivity contribution in [3.8, 4) is 0 Å². The van der Waals surface area contributed by atoms with Crippen molar-refractivity contribution in [2.75, 3.05) is 20.2 Å². The van der Waals surface area contributed by atoms with Gasteiger partial charge in [-0.3, -0.25) is 4.72 Å². The van der Waals surface area contributed by atoms with Crippen LogP contribution in [-0.4, -0.2) is 31.3 Å². The number of nitrogens with one attached hydrogen (secondary N) is 2. The van der Waals surface area contributed by atoms with Crippen LogP contribution in [0.15, 0.2) is 23.6 Å². The van der Waals surface area contributed by atoms with Gasteiger partial charge in [0, 0.05) is 19.2 Å². The molecular formula is C14H28N2OS. The molecule has 1 atom stereocenters. The fourth-order valence-electron chi connectivity index (χ4n) is 1.66. The molecule has 0 aromatic rings. The second-order valence-electron chi connectivity index (χ2n) is 4.43. The van der Waals surface area contributed by atoms with Crippen molar-refractivity contribution < 1.29 is 5.11 Å². The van der Waals surface area contributed by atoms with Gasteiger partial charge in [0.15, 0.2) is 0 Å². The van der Waals surface area contributed by atoms with E-state index in [2.05, 4.69) is 23.5 Å². The molecule has 0 aromatic carbocycles. The van der Waals surface area contributed by atoms with Crippen LogP contribution in [0.25, 0.3) is 0 Å². The van der Waals surface area contributed by atoms with Crippen LogP contribution < -0.4 is 10.0 Å². The average Bonchev–Trinajstić information content (AvgIpc) is 2.35. The van der Waals surface area contributed by atoms with E-state index in [4.69, 9.17) is 5.11 Å². The van der Waals surface area contributed by atoms with Crippen molar-refractivity contribution in [1.82, 2.24) is 10.0 Å². The fourth-order valence-corrected chi connectivity index (χ4v) is 2.43. The molecule has 0 aliphatic rings. The maximum absolute atomic E-state index is 8.78. The molecule has 0 amide bonds. The molecule has 0 aromatic heterocycles. The zero-order valence-electron chi connectivity index (χ0n) is 11.7. The quantitative estimate of drug-likeness (QED) is 0.290. The van der Waals surface area contributed by atoms with Crippen molar-refractivity contribution in [2.45, 2.75) is 45.1 Å². The van der Waals surface area contributed by atoms with Crippen molar-refractivity contribution in [3.63, 3.8) is 0 Å². The number of aliphatic hydroxyl groups excluding tert-OH is 1. The summed E-state index contributed by atoms with van der Waals surface area (Å²) in [6, 6.07) is 0.536. The SMILES string of the molecule is C=C(/C=C\SNC(CCC)CCCCO)CNC. The Morgan fingerprint density at radius 1 is 1.39 bits per heavy atom. The summed E-state index contributed by atoms with van der Waals surface area (Å²) in [5, 5.41) is 13.9. The van der Waals surface area contributed by atoms with Crippen molar-refractivity contribution in [2.24, 2.45) is 0 Å². The summed E-state index contributed by atoms with van der Waals surface area (Å²) in [6.07, 6.45) is 7.53. The highest BCUT2D eigenvalue weighted by atomic mass is 32.2. The molecule has 0 saturated carbocycles. The summed E-state index contributed by atoms with van der Waals surface area (Å²) in [6.45, 7) is 7.27. The molecule has 1 unspecified atom stereocenters. The van der Waals surface area contributed by atoms with Gasteiger partial charge < -0.3 is 10.4 Å². The van der Waals surface area contributed by atoms with E-state index in [1.165, 1.54) is 12.8 Å². The van der Waals surface area contributed by atoms with Gasteiger partial charge >= 0.3 is 0 Å². The molecule has 0 saturated heterocycles. The summed E-state index contributed by atoms with van der Waals surface area (Å²) < 4.78 is 3.46. The first-order valence-electron chi connectivity index (χ1n) is 6.75. The number of aliphatic hydroxyl groups is 1. The van der Waals surface area contributed by atoms with E-state index in [9.17, 15) is 0 Å². The van der Waals surface area contributed by atoms with Crippen LogP contribution >= 0.6 is 11.9 Å². The van der Waals surface area contributed by atoms with Crippen LogP contribution in [0.3, 0.4) is 0 Å². The monoisotopic (exact) mass is 272 g/mol. The van der Waals surface area contributed by atoms with Crippen molar-refractivity contribution in [3.05, 3.63) is 23.6 Å². The van der Waals surface area contributed by atoms with Gasteiger partial charge in [0.1, 0.15) is 0 Å². The molecule has 0 radical (unpaired) electrons. The molecule has 3 nitrogen and oxygen atoms in total. The highest BCUT2D eigenvalue weighted by Crippen LogP contribution is 2.11. The van der Waals surface area contributed by atoms with E-state index in [0.29, 0.717) is 12.6 Å². The van der Waals surface area contributed by atoms with Crippen LogP contribution in [-0.2, 0) is 0 Å². The van der Waals surface area contributed by atoms with Gasteiger partial charge in [-0.1, -0.05) is 37.9 Å². The van der Waals surface area contributed by atoms with Crippen LogP contribution in [0.4, 0.5) is 0 Å². The average molecular weight is 272 g/mol. The molecule has 0 bridgehead atoms. The Bertz CT molecular complexity index is 232. The minimum atomic E-state index is 0.301. The first kappa shape index (κ1) is 17.7. The normalized spacial score (nSPS) is 13.1. The highest BCUT2D eigenvalue weighted by molar-refractivity contribution is 8.00. The lowest BCUT2D eigenvalue weighted by Gasteiger charge is -2.15. The van der Waals surface area contributed by atoms with Gasteiger partial charge in [0.2, 0.25) is 0 Å². The summed E-state index contributed by atoms with van der Waals surface area (Å²) in [4.78, 5) is 0. The Kier molecular flexibility index (Phi) is 12.9. The Hall–Kier alpha value is -0.290. The molecule has 3 N–H and O–H groups in total. The molecule has 0 aliphatic heterocycles. The number of hydrogen-bond acceptors (Lipinski definition) is 4. The predicted molar refractivity (Wildman–Crippen MR) is 82.6 cm³/mol. The van der Waals surface area contributed by atoms with Gasteiger partial charge in [0.25, 0.3) is 0 Å². The smallest absolute Gasteiger partial charge is 0.0431 e. The summed E-state index contributed by atoms with van der Waals surface area (Å²) in [5.74, 6) is 0. The maximum atomic E-state index is 8.78. The molecule has 0 aliphatic carbocycles. The largest absolute Gasteiger partial charge is 0.396 e. The van der Waals surface area contributed by atoms with E-state index in [-0.39, 0.29) is 0 Å².